The van der Waals surface area contributed by atoms with Crippen LogP contribution in [-0.2, 0) is 4.79 Å². The van der Waals surface area contributed by atoms with E-state index in [0.29, 0.717) is 163 Å². The van der Waals surface area contributed by atoms with Gasteiger partial charge < -0.3 is 74.6 Å². The molecule has 42 heteroatoms. The molecule has 1 N–H and O–H groups in total. The standard InChI is InChI=1S/5C17H13N3O4S.C2H4O2/c5*1-22-12-6-5-10(8-13(12)23-2)15-18-17-20(19-15)16(21)14(25-17)9-11-4-3-7-24-11;1-2(3)4/h5*3-9H,1-2H3;1H3,(H,3,4)/b5*14-9-;. The maximum Gasteiger partial charge on any atom is 0.300 e. The van der Waals surface area contributed by atoms with Gasteiger partial charge in [-0.25, -0.2) is 0 Å². The molecule has 0 saturated heterocycles. The first-order valence-corrected chi connectivity index (χ1v) is 41.8. The maximum absolute atomic E-state index is 12.5. The van der Waals surface area contributed by atoms with E-state index in [-0.39, 0.29) is 27.8 Å². The van der Waals surface area contributed by atoms with Gasteiger partial charge in [-0.3, -0.25) is 28.8 Å². The maximum atomic E-state index is 12.5. The number of rotatable bonds is 20. The summed E-state index contributed by atoms with van der Waals surface area (Å²) in [6.07, 6.45) is 16.2. The van der Waals surface area contributed by atoms with E-state index in [0.717, 1.165) is 34.7 Å². The predicted molar refractivity (Wildman–Crippen MR) is 479 cm³/mol. The SMILES string of the molecule is CC(=O)O.COc1ccc(-c2nc3s/c(=C\c4ccco4)c(=O)n3n2)cc1OC.COc1ccc(-c2nc3s/c(=C\c4ccco4)c(=O)n3n2)cc1OC.COc1ccc(-c2nc3s/c(=C\c4ccco4)c(=O)n3n2)cc1OC.COc1ccc(-c2nc3s/c(=C\c4ccco4)c(=O)n3n2)cc1OC.COc1ccc(-c2nc3s/c(=C\c4ccco4)c(=O)n3n2)cc1OC. The zero-order chi connectivity index (χ0) is 90.5. The van der Waals surface area contributed by atoms with Crippen molar-refractivity contribution >= 4 is 118 Å². The van der Waals surface area contributed by atoms with Gasteiger partial charge in [0.05, 0.1) is 102 Å². The lowest BCUT2D eigenvalue weighted by Crippen LogP contribution is -2.23. The van der Waals surface area contributed by atoms with Crippen LogP contribution in [0.5, 0.6) is 57.5 Å². The highest BCUT2D eigenvalue weighted by Crippen LogP contribution is 2.37. The lowest BCUT2D eigenvalue weighted by Gasteiger charge is -2.07. The van der Waals surface area contributed by atoms with Crippen LogP contribution >= 0.6 is 56.7 Å². The second-order valence-electron chi connectivity index (χ2n) is 26.2. The lowest BCUT2D eigenvalue weighted by atomic mass is 10.2. The van der Waals surface area contributed by atoms with Crippen LogP contribution < -0.4 is 97.8 Å². The number of thiazole rings is 5. The van der Waals surface area contributed by atoms with Crippen LogP contribution in [0.1, 0.15) is 35.7 Å². The molecule has 129 heavy (non-hydrogen) atoms. The topological polar surface area (TPSA) is 432 Å². The number of carboxylic acid groups (broad SMARTS) is 1. The predicted octanol–water partition coefficient (Wildman–Crippen LogP) is 9.97. The number of benzene rings is 5. The van der Waals surface area contributed by atoms with E-state index < -0.39 is 5.97 Å². The van der Waals surface area contributed by atoms with Gasteiger partial charge in [0, 0.05) is 65.1 Å². The van der Waals surface area contributed by atoms with E-state index in [1.165, 1.54) is 79.3 Å². The van der Waals surface area contributed by atoms with Crippen molar-refractivity contribution in [2.45, 2.75) is 6.92 Å². The molecule has 15 aromatic heterocycles. The van der Waals surface area contributed by atoms with Crippen LogP contribution in [0.3, 0.4) is 0 Å². The average Bonchev–Trinajstić information content (AvgIpc) is 1.64. The van der Waals surface area contributed by atoms with Crippen molar-refractivity contribution in [3.05, 3.63) is 286 Å². The number of nitrogens with zero attached hydrogens (tertiary/aromatic N) is 15. The number of hydrogen-bond donors (Lipinski definition) is 1. The van der Waals surface area contributed by atoms with Gasteiger partial charge in [-0.05, 0) is 152 Å². The van der Waals surface area contributed by atoms with E-state index >= 15 is 0 Å². The Bertz CT molecular complexity index is 6920. The summed E-state index contributed by atoms with van der Waals surface area (Å²) in [5.41, 5.74) is 2.57. The molecule has 0 aliphatic heterocycles. The first-order chi connectivity index (χ1) is 62.7. The highest BCUT2D eigenvalue weighted by atomic mass is 32.1. The molecule has 0 unspecified atom stereocenters. The van der Waals surface area contributed by atoms with Crippen LogP contribution in [0, 0.1) is 0 Å². The van der Waals surface area contributed by atoms with Gasteiger partial charge in [0.25, 0.3) is 33.8 Å². The lowest BCUT2D eigenvalue weighted by molar-refractivity contribution is -0.134. The summed E-state index contributed by atoms with van der Waals surface area (Å²) >= 11 is 6.30. The summed E-state index contributed by atoms with van der Waals surface area (Å²) in [5.74, 6) is 10.5. The number of hydrogen-bond acceptors (Lipinski definition) is 36. The smallest absolute Gasteiger partial charge is 0.300 e. The molecule has 0 atom stereocenters. The highest BCUT2D eigenvalue weighted by Gasteiger charge is 2.22. The fourth-order valence-corrected chi connectivity index (χ4v) is 16.6. The first-order valence-electron chi connectivity index (χ1n) is 37.8. The fraction of sp³-hybridized carbons (Fsp3) is 0.126. The fourth-order valence-electron chi connectivity index (χ4n) is 12.2. The summed E-state index contributed by atoms with van der Waals surface area (Å²) in [6.45, 7) is 1.08. The summed E-state index contributed by atoms with van der Waals surface area (Å²) < 4.78 is 87.9. The van der Waals surface area contributed by atoms with Gasteiger partial charge in [-0.15, -0.1) is 25.5 Å². The normalized spacial score (nSPS) is 11.8. The zero-order valence-corrected chi connectivity index (χ0v) is 73.6. The van der Waals surface area contributed by atoms with Crippen molar-refractivity contribution in [3.8, 4) is 114 Å². The molecule has 20 rings (SSSR count). The summed E-state index contributed by atoms with van der Waals surface area (Å²) in [6, 6.07) is 44.6. The number of carboxylic acids is 1. The number of aromatic nitrogens is 15. The summed E-state index contributed by atoms with van der Waals surface area (Å²) in [7, 11) is 15.7. The van der Waals surface area contributed by atoms with Gasteiger partial charge in [0.2, 0.25) is 24.8 Å². The minimum atomic E-state index is -0.833. The first kappa shape index (κ1) is 87.7. The zero-order valence-electron chi connectivity index (χ0n) is 69.5. The number of ether oxygens (including phenoxy) is 10. The Kier molecular flexibility index (Phi) is 26.8. The van der Waals surface area contributed by atoms with Gasteiger partial charge in [0.1, 0.15) is 51.5 Å². The molecule has 0 fully saturated rings. The van der Waals surface area contributed by atoms with E-state index in [9.17, 15) is 24.0 Å². The Morgan fingerprint density at radius 1 is 0.279 bits per heavy atom. The van der Waals surface area contributed by atoms with Crippen LogP contribution in [0.4, 0.5) is 0 Å². The van der Waals surface area contributed by atoms with Crippen molar-refractivity contribution < 1.29 is 79.4 Å². The minimum Gasteiger partial charge on any atom is -0.493 e. The van der Waals surface area contributed by atoms with Gasteiger partial charge >= 0.3 is 0 Å². The minimum absolute atomic E-state index is 0.226. The Morgan fingerprint density at radius 2 is 0.442 bits per heavy atom. The third-order valence-electron chi connectivity index (χ3n) is 18.2. The molecule has 15 heterocycles. The molecule has 654 valence electrons. The summed E-state index contributed by atoms with van der Waals surface area (Å²) in [5, 5.41) is 29.0. The Balaban J connectivity index is 0.000000122. The van der Waals surface area contributed by atoms with E-state index in [2.05, 4.69) is 50.4 Å². The summed E-state index contributed by atoms with van der Waals surface area (Å²) in [4.78, 5) is 96.2. The second-order valence-corrected chi connectivity index (χ2v) is 31.2. The Morgan fingerprint density at radius 3 is 0.574 bits per heavy atom. The number of methoxy groups -OCH3 is 10. The molecule has 0 aliphatic rings. The van der Waals surface area contributed by atoms with Gasteiger partial charge in [-0.1, -0.05) is 56.7 Å². The number of furan rings is 5. The molecule has 0 radical (unpaired) electrons. The molecule has 5 aromatic carbocycles. The number of aliphatic carboxylic acids is 1. The quantitative estimate of drug-likeness (QED) is 0.0741. The molecule has 0 spiro atoms. The van der Waals surface area contributed by atoms with E-state index in [1.54, 1.807) is 254 Å². The van der Waals surface area contributed by atoms with Crippen molar-refractivity contribution in [2.24, 2.45) is 0 Å². The molecule has 0 aliphatic carbocycles. The molecule has 20 aromatic rings. The van der Waals surface area contributed by atoms with Gasteiger partial charge in [-0.2, -0.15) is 47.5 Å². The highest BCUT2D eigenvalue weighted by molar-refractivity contribution is 7.16. The van der Waals surface area contributed by atoms with Crippen LogP contribution in [0.25, 0.3) is 112 Å². The molecule has 0 bridgehead atoms. The van der Waals surface area contributed by atoms with E-state index in [4.69, 9.17) is 79.4 Å². The number of fused-ring (bicyclic) bond motifs is 5. The Hall–Kier alpha value is -16.2. The van der Waals surface area contributed by atoms with Crippen molar-refractivity contribution in [2.75, 3.05) is 71.1 Å². The second kappa shape index (κ2) is 39.3. The van der Waals surface area contributed by atoms with E-state index in [1.807, 2.05) is 30.3 Å². The average molecular weight is 1840 g/mol. The monoisotopic (exact) mass is 1840 g/mol. The molecule has 0 amide bonds. The van der Waals surface area contributed by atoms with Crippen LogP contribution in [0.2, 0.25) is 0 Å². The van der Waals surface area contributed by atoms with Crippen molar-refractivity contribution in [1.82, 2.24) is 73.0 Å². The molecular weight excluding hydrogens is 1770 g/mol. The van der Waals surface area contributed by atoms with Crippen molar-refractivity contribution in [1.29, 1.82) is 0 Å². The van der Waals surface area contributed by atoms with Crippen LogP contribution in [0.15, 0.2) is 229 Å². The third-order valence-corrected chi connectivity index (χ3v) is 23.0. The number of carbonyl (C=O) groups is 1. The largest absolute Gasteiger partial charge is 0.493 e. The molecule has 0 saturated carbocycles. The molecular formula is C87H69N15O22S5. The third kappa shape index (κ3) is 19.4. The van der Waals surface area contributed by atoms with Crippen LogP contribution in [-0.4, -0.2) is 155 Å². The Labute approximate surface area is 744 Å². The molecule has 37 nitrogen and oxygen atoms in total. The van der Waals surface area contributed by atoms with Gasteiger partial charge in [0.15, 0.2) is 86.6 Å². The van der Waals surface area contributed by atoms with Crippen molar-refractivity contribution in [3.63, 3.8) is 0 Å².